The molecule has 1 unspecified atom stereocenters. The van der Waals surface area contributed by atoms with Crippen LogP contribution in [0.15, 0.2) is 24.5 Å². The summed E-state index contributed by atoms with van der Waals surface area (Å²) in [6.45, 7) is 2.23. The number of likely N-dealkylation sites (tertiary alicyclic amines) is 1. The molecule has 0 radical (unpaired) electrons. The third kappa shape index (κ3) is 2.73. The first-order valence-electron chi connectivity index (χ1n) is 8.69. The third-order valence-electron chi connectivity index (χ3n) is 5.57. The quantitative estimate of drug-likeness (QED) is 0.824. The largest absolute Gasteiger partial charge is 0.338 e. The van der Waals surface area contributed by atoms with Crippen molar-refractivity contribution in [2.45, 2.75) is 43.9 Å². The van der Waals surface area contributed by atoms with Crippen LogP contribution in [0.2, 0.25) is 0 Å². The molecule has 0 N–H and O–H groups in total. The molecule has 1 aromatic heterocycles. The first-order valence-corrected chi connectivity index (χ1v) is 10.2. The molecule has 2 aliphatic heterocycles. The van der Waals surface area contributed by atoms with Crippen LogP contribution in [-0.2, 0) is 21.4 Å². The molecule has 24 heavy (non-hydrogen) atoms. The number of aromatic nitrogens is 1. The summed E-state index contributed by atoms with van der Waals surface area (Å²) in [4.78, 5) is 18.9. The van der Waals surface area contributed by atoms with Gasteiger partial charge in [-0.2, -0.15) is 0 Å². The Kier molecular flexibility index (Phi) is 3.88. The van der Waals surface area contributed by atoms with Crippen LogP contribution < -0.4 is 0 Å². The van der Waals surface area contributed by atoms with E-state index in [1.54, 1.807) is 16.7 Å². The average Bonchev–Trinajstić information content (AvgIpc) is 3.41. The summed E-state index contributed by atoms with van der Waals surface area (Å²) in [6, 6.07) is 3.84. The summed E-state index contributed by atoms with van der Waals surface area (Å²) >= 11 is 0. The molecule has 1 spiro atoms. The van der Waals surface area contributed by atoms with Crippen molar-refractivity contribution in [1.29, 1.82) is 0 Å². The first kappa shape index (κ1) is 16.0. The van der Waals surface area contributed by atoms with Gasteiger partial charge in [0.2, 0.25) is 15.9 Å². The van der Waals surface area contributed by atoms with E-state index in [9.17, 15) is 13.2 Å². The highest BCUT2D eigenvalue weighted by Crippen LogP contribution is 2.43. The number of carbonyl (C=O) groups excluding carboxylic acids is 1. The Morgan fingerprint density at radius 3 is 2.62 bits per heavy atom. The lowest BCUT2D eigenvalue weighted by atomic mass is 9.79. The highest BCUT2D eigenvalue weighted by Gasteiger charge is 2.52. The molecule has 6 nitrogen and oxygen atoms in total. The van der Waals surface area contributed by atoms with Gasteiger partial charge in [0, 0.05) is 38.6 Å². The Balaban J connectivity index is 1.50. The fourth-order valence-electron chi connectivity index (χ4n) is 4.01. The molecule has 1 aliphatic carbocycles. The van der Waals surface area contributed by atoms with Crippen molar-refractivity contribution in [3.8, 4) is 0 Å². The van der Waals surface area contributed by atoms with E-state index in [-0.39, 0.29) is 11.2 Å². The number of rotatable bonds is 4. The Hall–Kier alpha value is -1.47. The summed E-state index contributed by atoms with van der Waals surface area (Å²) in [6.07, 6.45) is 7.35. The number of hydrogen-bond donors (Lipinski definition) is 0. The van der Waals surface area contributed by atoms with Crippen LogP contribution in [0, 0.1) is 5.41 Å². The van der Waals surface area contributed by atoms with E-state index in [0.29, 0.717) is 26.2 Å². The zero-order valence-electron chi connectivity index (χ0n) is 13.7. The molecule has 1 amide bonds. The number of piperidine rings is 1. The van der Waals surface area contributed by atoms with Crippen LogP contribution >= 0.6 is 0 Å². The van der Waals surface area contributed by atoms with Gasteiger partial charge in [-0.25, -0.2) is 12.7 Å². The van der Waals surface area contributed by atoms with Crippen LogP contribution in [0.1, 0.15) is 37.7 Å². The van der Waals surface area contributed by atoms with Gasteiger partial charge in [-0.05, 0) is 49.8 Å². The van der Waals surface area contributed by atoms with Gasteiger partial charge in [0.05, 0.1) is 10.7 Å². The number of sulfonamides is 1. The zero-order chi connectivity index (χ0) is 16.8. The fraction of sp³-hybridized carbons (Fsp3) is 0.647. The van der Waals surface area contributed by atoms with Gasteiger partial charge in [0.15, 0.2) is 0 Å². The molecule has 1 saturated carbocycles. The van der Waals surface area contributed by atoms with Crippen molar-refractivity contribution in [3.63, 3.8) is 0 Å². The van der Waals surface area contributed by atoms with Crippen LogP contribution in [0.5, 0.6) is 0 Å². The molecule has 130 valence electrons. The second kappa shape index (κ2) is 5.81. The molecule has 4 rings (SSSR count). The molecule has 1 aromatic rings. The van der Waals surface area contributed by atoms with Crippen molar-refractivity contribution in [2.75, 3.05) is 19.6 Å². The number of pyridine rings is 1. The maximum atomic E-state index is 13.0. The molecule has 3 fully saturated rings. The summed E-state index contributed by atoms with van der Waals surface area (Å²) < 4.78 is 26.7. The van der Waals surface area contributed by atoms with Crippen molar-refractivity contribution < 1.29 is 13.2 Å². The van der Waals surface area contributed by atoms with Crippen LogP contribution in [0.25, 0.3) is 0 Å². The minimum Gasteiger partial charge on any atom is -0.338 e. The minimum atomic E-state index is -3.20. The Morgan fingerprint density at radius 2 is 1.92 bits per heavy atom. The smallest absolute Gasteiger partial charge is 0.230 e. The standard InChI is InChI=1S/C17H23N3O3S/c21-16-17(7-11-19(16)12-14-4-8-18-9-5-14)6-1-10-20(13-17)24(22,23)15-2-3-15/h4-5,8-9,15H,1-3,6-7,10-13H2. The van der Waals surface area contributed by atoms with Gasteiger partial charge in [0.25, 0.3) is 0 Å². The maximum absolute atomic E-state index is 13.0. The molecule has 3 heterocycles. The van der Waals surface area contributed by atoms with E-state index in [1.807, 2.05) is 17.0 Å². The molecule has 1 atom stereocenters. The molecular weight excluding hydrogens is 326 g/mol. The highest BCUT2D eigenvalue weighted by atomic mass is 32.2. The zero-order valence-corrected chi connectivity index (χ0v) is 14.5. The molecule has 0 bridgehead atoms. The molecule has 3 aliphatic rings. The Morgan fingerprint density at radius 1 is 1.17 bits per heavy atom. The van der Waals surface area contributed by atoms with Gasteiger partial charge >= 0.3 is 0 Å². The lowest BCUT2D eigenvalue weighted by molar-refractivity contribution is -0.138. The Labute approximate surface area is 142 Å². The predicted octanol–water partition coefficient (Wildman–Crippen LogP) is 1.39. The number of hydrogen-bond acceptors (Lipinski definition) is 4. The van der Waals surface area contributed by atoms with Crippen molar-refractivity contribution >= 4 is 15.9 Å². The van der Waals surface area contributed by atoms with Gasteiger partial charge in [-0.1, -0.05) is 0 Å². The van der Waals surface area contributed by atoms with Gasteiger partial charge < -0.3 is 4.90 Å². The minimum absolute atomic E-state index is 0.120. The lowest BCUT2D eigenvalue weighted by Gasteiger charge is -2.38. The number of nitrogens with zero attached hydrogens (tertiary/aromatic N) is 3. The summed E-state index contributed by atoms with van der Waals surface area (Å²) in [5.74, 6) is 0.120. The van der Waals surface area contributed by atoms with Gasteiger partial charge in [-0.15, -0.1) is 0 Å². The summed E-state index contributed by atoms with van der Waals surface area (Å²) in [5.41, 5.74) is 0.557. The van der Waals surface area contributed by atoms with Gasteiger partial charge in [0.1, 0.15) is 0 Å². The SMILES string of the molecule is O=C1N(Cc2ccncc2)CCC12CCCN(S(=O)(=O)C1CC1)C2. The molecular formula is C17H23N3O3S. The van der Waals surface area contributed by atoms with E-state index >= 15 is 0 Å². The second-order valence-corrected chi connectivity index (χ2v) is 9.51. The van der Waals surface area contributed by atoms with E-state index in [4.69, 9.17) is 0 Å². The van der Waals surface area contributed by atoms with E-state index in [2.05, 4.69) is 4.98 Å². The molecule has 7 heteroatoms. The average molecular weight is 349 g/mol. The van der Waals surface area contributed by atoms with Crippen molar-refractivity contribution in [2.24, 2.45) is 5.41 Å². The van der Waals surface area contributed by atoms with E-state index in [0.717, 1.165) is 37.7 Å². The topological polar surface area (TPSA) is 70.6 Å². The number of carbonyl (C=O) groups is 1. The summed E-state index contributed by atoms with van der Waals surface area (Å²) in [7, 11) is -3.20. The molecule has 2 saturated heterocycles. The van der Waals surface area contributed by atoms with Gasteiger partial charge in [-0.3, -0.25) is 9.78 Å². The van der Waals surface area contributed by atoms with Crippen LogP contribution in [0.4, 0.5) is 0 Å². The van der Waals surface area contributed by atoms with E-state index in [1.165, 1.54) is 0 Å². The molecule has 0 aromatic carbocycles. The van der Waals surface area contributed by atoms with Crippen LogP contribution in [-0.4, -0.2) is 53.4 Å². The fourth-order valence-corrected chi connectivity index (χ4v) is 5.98. The maximum Gasteiger partial charge on any atom is 0.230 e. The monoisotopic (exact) mass is 349 g/mol. The second-order valence-electron chi connectivity index (χ2n) is 7.29. The first-order chi connectivity index (χ1) is 11.5. The third-order valence-corrected chi connectivity index (χ3v) is 7.92. The van der Waals surface area contributed by atoms with Crippen molar-refractivity contribution in [1.82, 2.24) is 14.2 Å². The highest BCUT2D eigenvalue weighted by molar-refractivity contribution is 7.90. The normalized spacial score (nSPS) is 28.7. The number of amides is 1. The van der Waals surface area contributed by atoms with Crippen LogP contribution in [0.3, 0.4) is 0 Å². The van der Waals surface area contributed by atoms with E-state index < -0.39 is 15.4 Å². The van der Waals surface area contributed by atoms with Crippen molar-refractivity contribution in [3.05, 3.63) is 30.1 Å². The predicted molar refractivity (Wildman–Crippen MR) is 89.5 cm³/mol. The lowest BCUT2D eigenvalue weighted by Crippen LogP contribution is -2.50. The summed E-state index contributed by atoms with van der Waals surface area (Å²) in [5, 5.41) is -0.197. The Bertz CT molecular complexity index is 733.